The van der Waals surface area contributed by atoms with Crippen LogP contribution in [0.15, 0.2) is 0 Å². The molecule has 6 nitrogen and oxygen atoms in total. The van der Waals surface area contributed by atoms with E-state index >= 15 is 0 Å². The molecule has 1 N–H and O–H groups in total. The maximum Gasteiger partial charge on any atom is 0.236 e. The Hall–Kier alpha value is -2.24. The van der Waals surface area contributed by atoms with Gasteiger partial charge in [0, 0.05) is 17.7 Å². The van der Waals surface area contributed by atoms with Gasteiger partial charge in [0.15, 0.2) is 11.6 Å². The number of H-pyrrole nitrogens is 1. The molecule has 1 aromatic heterocycles. The number of Topliss-reactive ketones (excluding diaryl/α,β-unsaturated/α-hetero) is 2. The summed E-state index contributed by atoms with van der Waals surface area (Å²) >= 11 is 0. The van der Waals surface area contributed by atoms with Gasteiger partial charge in [0.05, 0.1) is 17.7 Å². The van der Waals surface area contributed by atoms with Crippen molar-refractivity contribution in [3.05, 3.63) is 22.5 Å². The molecule has 2 fully saturated rings. The van der Waals surface area contributed by atoms with Crippen LogP contribution >= 0.6 is 0 Å². The van der Waals surface area contributed by atoms with Gasteiger partial charge < -0.3 is 4.98 Å². The number of carbonyl (C=O) groups is 4. The Morgan fingerprint density at radius 3 is 2.33 bits per heavy atom. The molecule has 1 spiro atoms. The number of ketones is 2. The average Bonchev–Trinajstić information content (AvgIpc) is 3.14. The topological polar surface area (TPSA) is 87.3 Å². The Morgan fingerprint density at radius 2 is 1.79 bits per heavy atom. The van der Waals surface area contributed by atoms with Crippen molar-refractivity contribution in [2.24, 2.45) is 5.41 Å². The first kappa shape index (κ1) is 16.6. The molecule has 0 unspecified atom stereocenters. The van der Waals surface area contributed by atoms with Gasteiger partial charge >= 0.3 is 0 Å². The number of aromatic nitrogens is 1. The Labute approximate surface area is 140 Å². The highest BCUT2D eigenvalue weighted by molar-refractivity contribution is 6.11. The van der Waals surface area contributed by atoms with Crippen LogP contribution in [-0.2, 0) is 9.59 Å². The van der Waals surface area contributed by atoms with Crippen LogP contribution in [0.25, 0.3) is 0 Å². The molecule has 1 aromatic rings. The van der Waals surface area contributed by atoms with Crippen LogP contribution in [-0.4, -0.2) is 39.8 Å². The number of hydrogen-bond acceptors (Lipinski definition) is 4. The highest BCUT2D eigenvalue weighted by Gasteiger charge is 2.52. The highest BCUT2D eigenvalue weighted by atomic mass is 16.2. The van der Waals surface area contributed by atoms with Crippen LogP contribution in [0.1, 0.15) is 71.1 Å². The van der Waals surface area contributed by atoms with Crippen LogP contribution in [0, 0.1) is 19.3 Å². The predicted molar refractivity (Wildman–Crippen MR) is 86.8 cm³/mol. The van der Waals surface area contributed by atoms with Gasteiger partial charge in [-0.3, -0.25) is 24.1 Å². The molecule has 1 saturated heterocycles. The molecule has 128 valence electrons. The summed E-state index contributed by atoms with van der Waals surface area (Å²) < 4.78 is 0. The van der Waals surface area contributed by atoms with Gasteiger partial charge in [0.2, 0.25) is 11.8 Å². The Morgan fingerprint density at radius 1 is 1.17 bits per heavy atom. The van der Waals surface area contributed by atoms with Crippen molar-refractivity contribution < 1.29 is 19.2 Å². The zero-order chi connectivity index (χ0) is 17.6. The van der Waals surface area contributed by atoms with Gasteiger partial charge in [0.25, 0.3) is 0 Å². The zero-order valence-electron chi connectivity index (χ0n) is 14.3. The van der Waals surface area contributed by atoms with Crippen molar-refractivity contribution in [1.29, 1.82) is 0 Å². The molecular weight excluding hydrogens is 308 g/mol. The lowest BCUT2D eigenvalue weighted by Crippen LogP contribution is -2.38. The minimum absolute atomic E-state index is 0.112. The molecule has 0 bridgehead atoms. The first-order valence-corrected chi connectivity index (χ1v) is 8.35. The lowest BCUT2D eigenvalue weighted by Gasteiger charge is -2.20. The maximum absolute atomic E-state index is 12.7. The van der Waals surface area contributed by atoms with Gasteiger partial charge in [-0.1, -0.05) is 12.8 Å². The van der Waals surface area contributed by atoms with Crippen molar-refractivity contribution in [2.75, 3.05) is 6.54 Å². The summed E-state index contributed by atoms with van der Waals surface area (Å²) in [6.45, 7) is 4.64. The summed E-state index contributed by atoms with van der Waals surface area (Å²) in [4.78, 5) is 53.3. The number of imide groups is 1. The third kappa shape index (κ3) is 2.41. The second kappa shape index (κ2) is 5.69. The van der Waals surface area contributed by atoms with Crippen LogP contribution in [0.5, 0.6) is 0 Å². The van der Waals surface area contributed by atoms with E-state index in [2.05, 4.69) is 4.98 Å². The van der Waals surface area contributed by atoms with Crippen molar-refractivity contribution >= 4 is 23.4 Å². The molecule has 2 heterocycles. The Balaban J connectivity index is 1.83. The highest BCUT2D eigenvalue weighted by Crippen LogP contribution is 2.46. The lowest BCUT2D eigenvalue weighted by molar-refractivity contribution is -0.140. The van der Waals surface area contributed by atoms with Gasteiger partial charge in [-0.15, -0.1) is 0 Å². The molecule has 1 aliphatic heterocycles. The molecule has 1 saturated carbocycles. The number of hydrogen-bond donors (Lipinski definition) is 1. The summed E-state index contributed by atoms with van der Waals surface area (Å²) in [5.74, 6) is -0.910. The van der Waals surface area contributed by atoms with E-state index in [4.69, 9.17) is 0 Å². The number of likely N-dealkylation sites (tertiary alicyclic amines) is 1. The molecule has 6 heteroatoms. The molecule has 1 aliphatic carbocycles. The molecule has 0 aromatic carbocycles. The minimum atomic E-state index is -0.567. The number of amides is 2. The van der Waals surface area contributed by atoms with Crippen LogP contribution in [0.3, 0.4) is 0 Å². The molecule has 0 atom stereocenters. The van der Waals surface area contributed by atoms with E-state index in [1.165, 1.54) is 6.92 Å². The monoisotopic (exact) mass is 330 g/mol. The molecule has 0 radical (unpaired) electrons. The normalized spacial score (nSPS) is 19.5. The van der Waals surface area contributed by atoms with E-state index in [1.54, 1.807) is 13.8 Å². The fraction of sp³-hybridized carbons (Fsp3) is 0.556. The van der Waals surface area contributed by atoms with Crippen LogP contribution in [0.4, 0.5) is 0 Å². The average molecular weight is 330 g/mol. The zero-order valence-corrected chi connectivity index (χ0v) is 14.3. The summed E-state index contributed by atoms with van der Waals surface area (Å²) in [7, 11) is 0. The fourth-order valence-corrected chi connectivity index (χ4v) is 4.24. The largest absolute Gasteiger partial charge is 0.355 e. The van der Waals surface area contributed by atoms with E-state index in [-0.39, 0.29) is 36.3 Å². The lowest BCUT2D eigenvalue weighted by atomic mass is 9.84. The first-order valence-electron chi connectivity index (χ1n) is 8.35. The number of nitrogens with zero attached hydrogens (tertiary/aromatic N) is 1. The van der Waals surface area contributed by atoms with Gasteiger partial charge in [-0.05, 0) is 39.2 Å². The minimum Gasteiger partial charge on any atom is -0.355 e. The van der Waals surface area contributed by atoms with Gasteiger partial charge in [-0.25, -0.2) is 0 Å². The van der Waals surface area contributed by atoms with E-state index in [9.17, 15) is 19.2 Å². The van der Waals surface area contributed by atoms with Gasteiger partial charge in [-0.2, -0.15) is 0 Å². The van der Waals surface area contributed by atoms with E-state index in [1.807, 2.05) is 0 Å². The quantitative estimate of drug-likeness (QED) is 0.678. The third-order valence-electron chi connectivity index (χ3n) is 5.42. The summed E-state index contributed by atoms with van der Waals surface area (Å²) in [6, 6.07) is 0. The molecular formula is C18H22N2O4. The smallest absolute Gasteiger partial charge is 0.236 e. The fourth-order valence-electron chi connectivity index (χ4n) is 4.24. The standard InChI is InChI=1S/C18H22N2O4/c1-10-15(12(3)21)11(2)19-16(10)13(22)9-20-14(23)8-18(17(20)24)6-4-5-7-18/h19H,4-9H2,1-3H3. The molecule has 2 aliphatic rings. The van der Waals surface area contributed by atoms with Crippen molar-refractivity contribution in [2.45, 2.75) is 52.9 Å². The van der Waals surface area contributed by atoms with E-state index < -0.39 is 5.41 Å². The van der Waals surface area contributed by atoms with Crippen molar-refractivity contribution in [1.82, 2.24) is 9.88 Å². The summed E-state index contributed by atoms with van der Waals surface area (Å²) in [5, 5.41) is 0. The Kier molecular flexibility index (Phi) is 3.94. The molecule has 2 amide bonds. The van der Waals surface area contributed by atoms with E-state index in [0.717, 1.165) is 30.6 Å². The SMILES string of the molecule is CC(=O)c1c(C)[nH]c(C(=O)CN2C(=O)CC3(CCCC3)C2=O)c1C. The maximum atomic E-state index is 12.7. The number of carbonyl (C=O) groups excluding carboxylic acids is 4. The van der Waals surface area contributed by atoms with Crippen LogP contribution < -0.4 is 0 Å². The second-order valence-electron chi connectivity index (χ2n) is 7.05. The van der Waals surface area contributed by atoms with Gasteiger partial charge in [0.1, 0.15) is 0 Å². The van der Waals surface area contributed by atoms with Crippen molar-refractivity contribution in [3.63, 3.8) is 0 Å². The van der Waals surface area contributed by atoms with Crippen molar-refractivity contribution in [3.8, 4) is 0 Å². The second-order valence-corrected chi connectivity index (χ2v) is 7.05. The summed E-state index contributed by atoms with van der Waals surface area (Å²) in [5.41, 5.74) is 1.47. The number of rotatable bonds is 4. The predicted octanol–water partition coefficient (Wildman–Crippen LogP) is 2.34. The molecule has 3 rings (SSSR count). The number of aryl methyl sites for hydroxylation is 1. The van der Waals surface area contributed by atoms with E-state index in [0.29, 0.717) is 22.5 Å². The Bertz CT molecular complexity index is 753. The number of nitrogens with one attached hydrogen (secondary N) is 1. The van der Waals surface area contributed by atoms with Crippen LogP contribution in [0.2, 0.25) is 0 Å². The number of aromatic amines is 1. The third-order valence-corrected chi connectivity index (χ3v) is 5.42. The molecule has 24 heavy (non-hydrogen) atoms. The summed E-state index contributed by atoms with van der Waals surface area (Å²) in [6.07, 6.45) is 3.60. The first-order chi connectivity index (χ1) is 11.3.